The van der Waals surface area contributed by atoms with Gasteiger partial charge in [-0.2, -0.15) is 0 Å². The van der Waals surface area contributed by atoms with Crippen LogP contribution in [0.4, 0.5) is 0 Å². The van der Waals surface area contributed by atoms with Crippen LogP contribution < -0.4 is 0 Å². The molecular weight excluding hydrogens is 525 g/mol. The Labute approximate surface area is 244 Å². The molecule has 234 valence electrons. The lowest BCUT2D eigenvalue weighted by atomic mass is 9.85. The van der Waals surface area contributed by atoms with Gasteiger partial charge in [0.1, 0.15) is 0 Å². The first-order valence-corrected chi connectivity index (χ1v) is 20.9. The Hall–Kier alpha value is -0.256. The molecule has 6 nitrogen and oxygen atoms in total. The van der Waals surface area contributed by atoms with Gasteiger partial charge in [0.25, 0.3) is 0 Å². The van der Waals surface area contributed by atoms with E-state index < -0.39 is 28.2 Å². The highest BCUT2D eigenvalue weighted by Gasteiger charge is 2.44. The number of ether oxygens (including phenoxy) is 2. The van der Waals surface area contributed by atoms with Crippen LogP contribution in [0.3, 0.4) is 0 Å². The summed E-state index contributed by atoms with van der Waals surface area (Å²) in [6.07, 6.45) is 1.53. The van der Waals surface area contributed by atoms with Crippen molar-refractivity contribution in [2.75, 3.05) is 13.7 Å². The smallest absolute Gasteiger partial charge is 0.311 e. The molecule has 0 bridgehead atoms. The first-order chi connectivity index (χ1) is 17.7. The van der Waals surface area contributed by atoms with Gasteiger partial charge >= 0.3 is 5.97 Å². The third-order valence-electron chi connectivity index (χ3n) is 9.23. The number of carbonyl (C=O) groups is 1. The number of aliphatic hydroxyl groups is 1. The summed E-state index contributed by atoms with van der Waals surface area (Å²) in [6, 6.07) is 3.20. The number of carbonyl (C=O) groups excluding carboxylic acids is 1. The third-order valence-corrected chi connectivity index (χ3v) is 18.4. The summed E-state index contributed by atoms with van der Waals surface area (Å²) < 4.78 is 25.6. The van der Waals surface area contributed by atoms with Gasteiger partial charge in [0, 0.05) is 19.4 Å². The molecule has 0 aromatic rings. The van der Waals surface area contributed by atoms with E-state index >= 15 is 0 Å². The van der Waals surface area contributed by atoms with E-state index in [-0.39, 0.29) is 41.2 Å². The fourth-order valence-electron chi connectivity index (χ4n) is 4.85. The molecular formula is C31H66O6Si2. The fourth-order valence-corrected chi connectivity index (χ4v) is 9.31. The average molecular weight is 591 g/mol. The van der Waals surface area contributed by atoms with Gasteiger partial charge in [0.15, 0.2) is 16.6 Å². The van der Waals surface area contributed by atoms with E-state index in [9.17, 15) is 9.90 Å². The van der Waals surface area contributed by atoms with Gasteiger partial charge in [-0.25, -0.2) is 0 Å². The van der Waals surface area contributed by atoms with Crippen LogP contribution in [0.15, 0.2) is 0 Å². The Morgan fingerprint density at radius 1 is 0.821 bits per heavy atom. The van der Waals surface area contributed by atoms with Gasteiger partial charge in [-0.05, 0) is 82.7 Å². The summed E-state index contributed by atoms with van der Waals surface area (Å²) in [7, 11) is -2.35. The van der Waals surface area contributed by atoms with Gasteiger partial charge in [-0.15, -0.1) is 0 Å². The summed E-state index contributed by atoms with van der Waals surface area (Å²) in [5, 5.41) is 10.2. The maximum absolute atomic E-state index is 12.5. The van der Waals surface area contributed by atoms with E-state index in [1.807, 2.05) is 20.8 Å². The summed E-state index contributed by atoms with van der Waals surface area (Å²) >= 11 is 0. The molecule has 0 rings (SSSR count). The van der Waals surface area contributed by atoms with Crippen molar-refractivity contribution in [3.8, 4) is 0 Å². The Balaban J connectivity index is 6.28. The van der Waals surface area contributed by atoms with Crippen molar-refractivity contribution >= 4 is 22.6 Å². The second-order valence-electron chi connectivity index (χ2n) is 14.3. The summed E-state index contributed by atoms with van der Waals surface area (Å²) in [4.78, 5) is 12.5. The van der Waals surface area contributed by atoms with E-state index in [4.69, 9.17) is 18.3 Å². The molecule has 0 spiro atoms. The Kier molecular flexibility index (Phi) is 16.3. The molecule has 0 radical (unpaired) electrons. The van der Waals surface area contributed by atoms with Gasteiger partial charge in [0.2, 0.25) is 0 Å². The number of esters is 1. The zero-order valence-electron chi connectivity index (χ0n) is 28.4. The Morgan fingerprint density at radius 3 is 1.72 bits per heavy atom. The monoisotopic (exact) mass is 590 g/mol. The standard InChI is InChI=1S/C31H66O6Si2/c1-16-39(17-2,18-3)36-26(21-22-35-29(33)30(7,8)9)24(5)28(37-38(14,15)31(10,11)12)23(4)19-20-27(34-13)25(6)32/h23-28,32H,16-22H2,1-15H3/t23-,24-,25?,26-,27+,28-/m1/s1. The summed E-state index contributed by atoms with van der Waals surface area (Å²) in [5.74, 6) is 0.186. The van der Waals surface area contributed by atoms with Crippen molar-refractivity contribution in [3.05, 3.63) is 0 Å². The number of hydrogen-bond acceptors (Lipinski definition) is 6. The minimum absolute atomic E-state index is 0.0158. The fraction of sp³-hybridized carbons (Fsp3) is 0.968. The molecule has 1 unspecified atom stereocenters. The predicted molar refractivity (Wildman–Crippen MR) is 169 cm³/mol. The van der Waals surface area contributed by atoms with Gasteiger partial charge in [-0.1, -0.05) is 55.4 Å². The molecule has 1 N–H and O–H groups in total. The largest absolute Gasteiger partial charge is 0.465 e. The van der Waals surface area contributed by atoms with Crippen molar-refractivity contribution in [1.29, 1.82) is 0 Å². The first kappa shape index (κ1) is 38.7. The summed E-state index contributed by atoms with van der Waals surface area (Å²) in [6.45, 7) is 30.6. The zero-order valence-corrected chi connectivity index (χ0v) is 30.4. The van der Waals surface area contributed by atoms with E-state index in [1.165, 1.54) is 0 Å². The molecule has 6 atom stereocenters. The van der Waals surface area contributed by atoms with E-state index in [0.29, 0.717) is 13.0 Å². The number of hydrogen-bond donors (Lipinski definition) is 1. The SMILES string of the molecule is CC[Si](CC)(CC)O[C@H](CCOC(=O)C(C)(C)C)[C@@H](C)[C@H](O[Si](C)(C)C(C)(C)C)[C@H](C)CC[C@H](OC)C(C)O. The van der Waals surface area contributed by atoms with Crippen molar-refractivity contribution in [2.24, 2.45) is 17.3 Å². The quantitative estimate of drug-likeness (QED) is 0.128. The van der Waals surface area contributed by atoms with Crippen LogP contribution in [0.2, 0.25) is 36.3 Å². The molecule has 39 heavy (non-hydrogen) atoms. The van der Waals surface area contributed by atoms with Crippen LogP contribution in [0.5, 0.6) is 0 Å². The highest BCUT2D eigenvalue weighted by molar-refractivity contribution is 6.74. The topological polar surface area (TPSA) is 74.2 Å². The van der Waals surface area contributed by atoms with Gasteiger partial charge in [-0.3, -0.25) is 4.79 Å². The minimum atomic E-state index is -2.09. The lowest BCUT2D eigenvalue weighted by Crippen LogP contribution is -2.51. The second-order valence-corrected chi connectivity index (χ2v) is 23.8. The lowest BCUT2D eigenvalue weighted by molar-refractivity contribution is -0.153. The maximum Gasteiger partial charge on any atom is 0.311 e. The lowest BCUT2D eigenvalue weighted by Gasteiger charge is -2.46. The van der Waals surface area contributed by atoms with Gasteiger partial charge < -0.3 is 23.4 Å². The van der Waals surface area contributed by atoms with Crippen molar-refractivity contribution in [3.63, 3.8) is 0 Å². The third kappa shape index (κ3) is 12.2. The van der Waals surface area contributed by atoms with E-state index in [0.717, 1.165) is 31.0 Å². The van der Waals surface area contributed by atoms with Crippen molar-refractivity contribution in [2.45, 2.75) is 163 Å². The molecule has 8 heteroatoms. The molecule has 0 amide bonds. The van der Waals surface area contributed by atoms with Crippen LogP contribution in [0.25, 0.3) is 0 Å². The Morgan fingerprint density at radius 2 is 1.33 bits per heavy atom. The van der Waals surface area contributed by atoms with Crippen molar-refractivity contribution in [1.82, 2.24) is 0 Å². The van der Waals surface area contributed by atoms with E-state index in [2.05, 4.69) is 68.5 Å². The van der Waals surface area contributed by atoms with Crippen LogP contribution >= 0.6 is 0 Å². The van der Waals surface area contributed by atoms with Crippen molar-refractivity contribution < 1.29 is 28.2 Å². The minimum Gasteiger partial charge on any atom is -0.465 e. The van der Waals surface area contributed by atoms with Crippen LogP contribution in [0, 0.1) is 17.3 Å². The van der Waals surface area contributed by atoms with Crippen LogP contribution in [-0.4, -0.2) is 65.8 Å². The average Bonchev–Trinajstić information content (AvgIpc) is 2.83. The molecule has 0 aromatic carbocycles. The second kappa shape index (κ2) is 16.4. The van der Waals surface area contributed by atoms with E-state index in [1.54, 1.807) is 14.0 Å². The highest BCUT2D eigenvalue weighted by Crippen LogP contribution is 2.41. The molecule has 0 fully saturated rings. The van der Waals surface area contributed by atoms with Crippen LogP contribution in [0.1, 0.15) is 102 Å². The maximum atomic E-state index is 12.5. The molecule has 0 aliphatic rings. The van der Waals surface area contributed by atoms with Gasteiger partial charge in [0.05, 0.1) is 36.4 Å². The zero-order chi connectivity index (χ0) is 30.8. The normalized spacial score (nSPS) is 18.3. The first-order valence-electron chi connectivity index (χ1n) is 15.5. The van der Waals surface area contributed by atoms with Crippen LogP contribution in [-0.2, 0) is 23.1 Å². The predicted octanol–water partition coefficient (Wildman–Crippen LogP) is 8.19. The number of methoxy groups -OCH3 is 1. The molecule has 0 saturated heterocycles. The summed E-state index contributed by atoms with van der Waals surface area (Å²) in [5.41, 5.74) is -0.527. The highest BCUT2D eigenvalue weighted by atomic mass is 28.4. The Bertz CT molecular complexity index is 686. The number of aliphatic hydroxyl groups excluding tert-OH is 1. The molecule has 0 aromatic heterocycles. The number of rotatable bonds is 18. The molecule has 0 aliphatic heterocycles. The molecule has 0 aliphatic carbocycles. The molecule has 0 saturated carbocycles. The molecule has 0 heterocycles.